The molecule has 0 saturated heterocycles. The average molecular weight is 305 g/mol. The van der Waals surface area contributed by atoms with Crippen LogP contribution in [-0.4, -0.2) is 16.1 Å². The number of aromatic nitrogens is 1. The van der Waals surface area contributed by atoms with Crippen LogP contribution in [0.25, 0.3) is 11.1 Å². The van der Waals surface area contributed by atoms with E-state index in [1.54, 1.807) is 12.1 Å². The fourth-order valence-corrected chi connectivity index (χ4v) is 2.21. The Morgan fingerprint density at radius 3 is 2.26 bits per heavy atom. The van der Waals surface area contributed by atoms with Crippen LogP contribution in [0, 0.1) is 0 Å². The maximum Gasteiger partial charge on any atom is 0.354 e. The van der Waals surface area contributed by atoms with Gasteiger partial charge in [0.05, 0.1) is 5.69 Å². The third kappa shape index (κ3) is 3.74. The second kappa shape index (κ2) is 6.75. The highest BCUT2D eigenvalue weighted by Gasteiger charge is 2.05. The summed E-state index contributed by atoms with van der Waals surface area (Å²) in [6.07, 6.45) is 0. The molecule has 0 aliphatic heterocycles. The Balaban J connectivity index is 1.67. The zero-order chi connectivity index (χ0) is 16.1. The molecule has 23 heavy (non-hydrogen) atoms. The van der Waals surface area contributed by atoms with Crippen molar-refractivity contribution in [1.29, 1.82) is 0 Å². The van der Waals surface area contributed by atoms with Crippen molar-refractivity contribution in [2.24, 2.45) is 0 Å². The van der Waals surface area contributed by atoms with Crippen molar-refractivity contribution in [3.05, 3.63) is 84.2 Å². The number of rotatable bonds is 5. The first kappa shape index (κ1) is 14.8. The van der Waals surface area contributed by atoms with E-state index in [1.807, 2.05) is 42.5 Å². The Bertz CT molecular complexity index is 798. The number of carboxylic acids is 1. The summed E-state index contributed by atoms with van der Waals surface area (Å²) in [6.45, 7) is 0.228. The number of hydrogen-bond donors (Lipinski definition) is 1. The molecule has 0 radical (unpaired) electrons. The van der Waals surface area contributed by atoms with Gasteiger partial charge in [-0.3, -0.25) is 0 Å². The molecule has 3 aromatic rings. The van der Waals surface area contributed by atoms with Gasteiger partial charge in [0, 0.05) is 0 Å². The zero-order valence-electron chi connectivity index (χ0n) is 12.3. The number of aromatic carboxylic acids is 1. The van der Waals surface area contributed by atoms with Gasteiger partial charge in [0.15, 0.2) is 0 Å². The normalized spacial score (nSPS) is 10.3. The fraction of sp³-hybridized carbons (Fsp3) is 0.0526. The van der Waals surface area contributed by atoms with Crippen LogP contribution in [0.15, 0.2) is 72.8 Å². The Morgan fingerprint density at radius 1 is 0.870 bits per heavy atom. The highest BCUT2D eigenvalue weighted by molar-refractivity contribution is 5.85. The summed E-state index contributed by atoms with van der Waals surface area (Å²) >= 11 is 0. The van der Waals surface area contributed by atoms with Gasteiger partial charge in [0.1, 0.15) is 18.1 Å². The van der Waals surface area contributed by atoms with Crippen molar-refractivity contribution < 1.29 is 14.6 Å². The summed E-state index contributed by atoms with van der Waals surface area (Å²) in [6, 6.07) is 22.7. The van der Waals surface area contributed by atoms with E-state index in [0.29, 0.717) is 11.4 Å². The molecule has 0 fully saturated rings. The summed E-state index contributed by atoms with van der Waals surface area (Å²) in [4.78, 5) is 14.9. The molecule has 3 rings (SSSR count). The van der Waals surface area contributed by atoms with E-state index >= 15 is 0 Å². The smallest absolute Gasteiger partial charge is 0.354 e. The number of ether oxygens (including phenoxy) is 1. The first-order valence-corrected chi connectivity index (χ1v) is 7.20. The van der Waals surface area contributed by atoms with Gasteiger partial charge in [-0.2, -0.15) is 0 Å². The van der Waals surface area contributed by atoms with E-state index in [9.17, 15) is 4.79 Å². The first-order chi connectivity index (χ1) is 11.2. The second-order valence-electron chi connectivity index (χ2n) is 5.00. The van der Waals surface area contributed by atoms with Gasteiger partial charge < -0.3 is 9.84 Å². The number of nitrogens with zero attached hydrogens (tertiary/aromatic N) is 1. The van der Waals surface area contributed by atoms with Crippen molar-refractivity contribution in [1.82, 2.24) is 4.98 Å². The van der Waals surface area contributed by atoms with Crippen LogP contribution in [0.2, 0.25) is 0 Å². The van der Waals surface area contributed by atoms with E-state index in [-0.39, 0.29) is 12.3 Å². The number of pyridine rings is 1. The van der Waals surface area contributed by atoms with Gasteiger partial charge in [-0.25, -0.2) is 9.78 Å². The Labute approximate surface area is 134 Å². The molecule has 2 aromatic carbocycles. The largest absolute Gasteiger partial charge is 0.487 e. The lowest BCUT2D eigenvalue weighted by atomic mass is 10.1. The maximum atomic E-state index is 10.9. The van der Waals surface area contributed by atoms with E-state index in [2.05, 4.69) is 17.1 Å². The lowest BCUT2D eigenvalue weighted by Crippen LogP contribution is -2.04. The second-order valence-corrected chi connectivity index (χ2v) is 5.00. The molecule has 0 aliphatic rings. The molecule has 0 saturated carbocycles. The molecule has 0 bridgehead atoms. The van der Waals surface area contributed by atoms with E-state index in [4.69, 9.17) is 9.84 Å². The van der Waals surface area contributed by atoms with Gasteiger partial charge in [-0.15, -0.1) is 0 Å². The lowest BCUT2D eigenvalue weighted by molar-refractivity contribution is 0.0690. The SMILES string of the molecule is O=C(O)c1cccc(COc2ccc(-c3ccccc3)cc2)n1. The van der Waals surface area contributed by atoms with Crippen LogP contribution >= 0.6 is 0 Å². The standard InChI is InChI=1S/C19H15NO3/c21-19(22)18-8-4-7-16(20-18)13-23-17-11-9-15(10-12-17)14-5-2-1-3-6-14/h1-12H,13H2,(H,21,22). The number of hydrogen-bond acceptors (Lipinski definition) is 3. The molecule has 0 aliphatic carbocycles. The minimum absolute atomic E-state index is 0.0190. The zero-order valence-corrected chi connectivity index (χ0v) is 12.3. The van der Waals surface area contributed by atoms with Crippen LogP contribution in [-0.2, 0) is 6.61 Å². The monoisotopic (exact) mass is 305 g/mol. The highest BCUT2D eigenvalue weighted by atomic mass is 16.5. The molecule has 0 amide bonds. The molecule has 1 aromatic heterocycles. The van der Waals surface area contributed by atoms with Crippen molar-refractivity contribution in [3.63, 3.8) is 0 Å². The van der Waals surface area contributed by atoms with Gasteiger partial charge in [-0.1, -0.05) is 48.5 Å². The van der Waals surface area contributed by atoms with Gasteiger partial charge in [0.2, 0.25) is 0 Å². The van der Waals surface area contributed by atoms with Gasteiger partial charge in [-0.05, 0) is 35.4 Å². The molecular formula is C19H15NO3. The third-order valence-corrected chi connectivity index (χ3v) is 3.37. The van der Waals surface area contributed by atoms with Crippen molar-refractivity contribution in [2.45, 2.75) is 6.61 Å². The van der Waals surface area contributed by atoms with Gasteiger partial charge in [0.25, 0.3) is 0 Å². The lowest BCUT2D eigenvalue weighted by Gasteiger charge is -2.07. The van der Waals surface area contributed by atoms with Crippen LogP contribution < -0.4 is 4.74 Å². The summed E-state index contributed by atoms with van der Waals surface area (Å²) in [5.74, 6) is -0.328. The van der Waals surface area contributed by atoms with Crippen molar-refractivity contribution in [2.75, 3.05) is 0 Å². The minimum atomic E-state index is -1.04. The summed E-state index contributed by atoms with van der Waals surface area (Å²) in [7, 11) is 0. The first-order valence-electron chi connectivity index (χ1n) is 7.20. The predicted octanol–water partition coefficient (Wildman–Crippen LogP) is 4.03. The quantitative estimate of drug-likeness (QED) is 0.773. The Morgan fingerprint density at radius 2 is 1.57 bits per heavy atom. The molecule has 4 heteroatoms. The Kier molecular flexibility index (Phi) is 4.34. The molecule has 114 valence electrons. The number of carboxylic acid groups (broad SMARTS) is 1. The van der Waals surface area contributed by atoms with E-state index < -0.39 is 5.97 Å². The molecule has 0 spiro atoms. The highest BCUT2D eigenvalue weighted by Crippen LogP contribution is 2.22. The van der Waals surface area contributed by atoms with E-state index in [1.165, 1.54) is 6.07 Å². The number of benzene rings is 2. The fourth-order valence-electron chi connectivity index (χ4n) is 2.21. The topological polar surface area (TPSA) is 59.4 Å². The van der Waals surface area contributed by atoms with E-state index in [0.717, 1.165) is 11.1 Å². The molecular weight excluding hydrogens is 290 g/mol. The van der Waals surface area contributed by atoms with Crippen LogP contribution in [0.4, 0.5) is 0 Å². The minimum Gasteiger partial charge on any atom is -0.487 e. The summed E-state index contributed by atoms with van der Waals surface area (Å²) in [5, 5.41) is 8.93. The number of carbonyl (C=O) groups is 1. The summed E-state index contributed by atoms with van der Waals surface area (Å²) < 4.78 is 5.66. The van der Waals surface area contributed by atoms with Crippen LogP contribution in [0.3, 0.4) is 0 Å². The molecule has 0 unspecified atom stereocenters. The van der Waals surface area contributed by atoms with Crippen LogP contribution in [0.5, 0.6) is 5.75 Å². The molecule has 4 nitrogen and oxygen atoms in total. The average Bonchev–Trinajstić information content (AvgIpc) is 2.61. The van der Waals surface area contributed by atoms with Gasteiger partial charge >= 0.3 is 5.97 Å². The Hall–Kier alpha value is -3.14. The maximum absolute atomic E-state index is 10.9. The molecule has 1 N–H and O–H groups in total. The third-order valence-electron chi connectivity index (χ3n) is 3.37. The van der Waals surface area contributed by atoms with Crippen LogP contribution in [0.1, 0.15) is 16.2 Å². The molecule has 1 heterocycles. The predicted molar refractivity (Wildman–Crippen MR) is 87.4 cm³/mol. The molecule has 0 atom stereocenters. The van der Waals surface area contributed by atoms with Crippen molar-refractivity contribution in [3.8, 4) is 16.9 Å². The summed E-state index contributed by atoms with van der Waals surface area (Å²) in [5.41, 5.74) is 2.86. The van der Waals surface area contributed by atoms with Crippen molar-refractivity contribution >= 4 is 5.97 Å².